The normalized spacial score (nSPS) is 12.8. The molecule has 0 rings (SSSR count). The molecule has 0 aliphatic carbocycles. The molecular weight excluding hydrogens is 238 g/mol. The summed E-state index contributed by atoms with van der Waals surface area (Å²) < 4.78 is 4.87. The molecule has 0 aliphatic heterocycles. The largest absolute Gasteiger partial charge is 0.389 e. The van der Waals surface area contributed by atoms with E-state index < -0.39 is 0 Å². The summed E-state index contributed by atoms with van der Waals surface area (Å²) >= 11 is 0. The van der Waals surface area contributed by atoms with Gasteiger partial charge in [0, 0.05) is 13.7 Å². The zero-order valence-electron chi connectivity index (χ0n) is 13.1. The molecule has 0 aliphatic rings. The molecule has 0 fully saturated rings. The van der Waals surface area contributed by atoms with Gasteiger partial charge in [-0.25, -0.2) is 0 Å². The van der Waals surface area contributed by atoms with Crippen molar-refractivity contribution in [3.05, 3.63) is 0 Å². The van der Waals surface area contributed by atoms with E-state index in [2.05, 4.69) is 12.2 Å². The third kappa shape index (κ3) is 15.8. The number of hydrogen-bond donors (Lipinski definition) is 2. The van der Waals surface area contributed by atoms with Gasteiger partial charge in [0.25, 0.3) is 0 Å². The Morgan fingerprint density at radius 2 is 1.42 bits per heavy atom. The monoisotopic (exact) mass is 273 g/mol. The van der Waals surface area contributed by atoms with Gasteiger partial charge in [0.2, 0.25) is 0 Å². The van der Waals surface area contributed by atoms with Crippen LogP contribution in [0.1, 0.15) is 71.1 Å². The van der Waals surface area contributed by atoms with Crippen molar-refractivity contribution in [1.82, 2.24) is 5.32 Å². The second-order valence-electron chi connectivity index (χ2n) is 5.50. The van der Waals surface area contributed by atoms with E-state index in [1.54, 1.807) is 7.11 Å². The Bertz CT molecular complexity index is 165. The minimum absolute atomic E-state index is 0.367. The van der Waals surface area contributed by atoms with Gasteiger partial charge in [-0.1, -0.05) is 64.7 Å². The first kappa shape index (κ1) is 18.9. The second-order valence-corrected chi connectivity index (χ2v) is 5.50. The summed E-state index contributed by atoms with van der Waals surface area (Å²) in [5.41, 5.74) is 0. The topological polar surface area (TPSA) is 41.5 Å². The number of aliphatic hydroxyl groups excluding tert-OH is 1. The zero-order valence-corrected chi connectivity index (χ0v) is 13.1. The molecule has 1 unspecified atom stereocenters. The van der Waals surface area contributed by atoms with Crippen LogP contribution in [0.2, 0.25) is 0 Å². The molecule has 0 aromatic heterocycles. The van der Waals surface area contributed by atoms with Crippen LogP contribution in [-0.2, 0) is 4.74 Å². The van der Waals surface area contributed by atoms with Crippen LogP contribution >= 0.6 is 0 Å². The molecule has 0 aromatic rings. The van der Waals surface area contributed by atoms with Gasteiger partial charge in [-0.3, -0.25) is 0 Å². The molecule has 0 bridgehead atoms. The Morgan fingerprint density at radius 3 is 1.95 bits per heavy atom. The third-order valence-electron chi connectivity index (χ3n) is 3.45. The predicted octanol–water partition coefficient (Wildman–Crippen LogP) is 3.50. The molecule has 2 N–H and O–H groups in total. The van der Waals surface area contributed by atoms with Crippen molar-refractivity contribution < 1.29 is 9.84 Å². The minimum Gasteiger partial charge on any atom is -0.389 e. The fraction of sp³-hybridized carbons (Fsp3) is 1.00. The van der Waals surface area contributed by atoms with E-state index in [4.69, 9.17) is 4.74 Å². The molecule has 0 aromatic carbocycles. The van der Waals surface area contributed by atoms with Crippen molar-refractivity contribution in [2.24, 2.45) is 0 Å². The molecule has 0 heterocycles. The first-order chi connectivity index (χ1) is 9.31. The van der Waals surface area contributed by atoms with E-state index >= 15 is 0 Å². The average molecular weight is 273 g/mol. The van der Waals surface area contributed by atoms with Crippen molar-refractivity contribution in [3.8, 4) is 0 Å². The van der Waals surface area contributed by atoms with Crippen LogP contribution in [0.4, 0.5) is 0 Å². The number of aliphatic hydroxyl groups is 1. The van der Waals surface area contributed by atoms with Crippen LogP contribution in [0.3, 0.4) is 0 Å². The van der Waals surface area contributed by atoms with Crippen LogP contribution in [0.15, 0.2) is 0 Å². The summed E-state index contributed by atoms with van der Waals surface area (Å²) in [5, 5.41) is 12.7. The molecule has 116 valence electrons. The van der Waals surface area contributed by atoms with Crippen molar-refractivity contribution in [2.75, 3.05) is 26.8 Å². The van der Waals surface area contributed by atoms with Gasteiger partial charge in [0.15, 0.2) is 0 Å². The lowest BCUT2D eigenvalue weighted by Crippen LogP contribution is -2.30. The Balaban J connectivity index is 2.99. The van der Waals surface area contributed by atoms with Gasteiger partial charge in [0.1, 0.15) is 0 Å². The van der Waals surface area contributed by atoms with Gasteiger partial charge in [-0.05, 0) is 13.0 Å². The smallest absolute Gasteiger partial charge is 0.0897 e. The van der Waals surface area contributed by atoms with Crippen LogP contribution in [0.25, 0.3) is 0 Å². The molecule has 0 radical (unpaired) electrons. The van der Waals surface area contributed by atoms with Crippen molar-refractivity contribution >= 4 is 0 Å². The van der Waals surface area contributed by atoms with E-state index in [0.717, 1.165) is 6.54 Å². The number of nitrogens with one attached hydrogen (secondary N) is 1. The predicted molar refractivity (Wildman–Crippen MR) is 82.6 cm³/mol. The fourth-order valence-electron chi connectivity index (χ4n) is 2.26. The molecule has 0 saturated carbocycles. The SMILES string of the molecule is CCCCCCCCCCCCNCC(O)COC. The van der Waals surface area contributed by atoms with Gasteiger partial charge in [-0.2, -0.15) is 0 Å². The fourth-order valence-corrected chi connectivity index (χ4v) is 2.26. The van der Waals surface area contributed by atoms with Crippen LogP contribution in [-0.4, -0.2) is 38.0 Å². The van der Waals surface area contributed by atoms with Crippen LogP contribution in [0, 0.1) is 0 Å². The average Bonchev–Trinajstić information content (AvgIpc) is 2.40. The maximum Gasteiger partial charge on any atom is 0.0897 e. The highest BCUT2D eigenvalue weighted by molar-refractivity contribution is 4.58. The highest BCUT2D eigenvalue weighted by Crippen LogP contribution is 2.10. The quantitative estimate of drug-likeness (QED) is 0.449. The molecule has 3 heteroatoms. The standard InChI is InChI=1S/C16H35NO2/c1-3-4-5-6-7-8-9-10-11-12-13-17-14-16(18)15-19-2/h16-18H,3-15H2,1-2H3. The number of hydrogen-bond acceptors (Lipinski definition) is 3. The zero-order chi connectivity index (χ0) is 14.2. The van der Waals surface area contributed by atoms with Gasteiger partial charge >= 0.3 is 0 Å². The Kier molecular flexibility index (Phi) is 15.8. The van der Waals surface area contributed by atoms with Gasteiger partial charge in [-0.15, -0.1) is 0 Å². The molecule has 19 heavy (non-hydrogen) atoms. The summed E-state index contributed by atoms with van der Waals surface area (Å²) in [7, 11) is 1.62. The van der Waals surface area contributed by atoms with Crippen LogP contribution < -0.4 is 5.32 Å². The lowest BCUT2D eigenvalue weighted by atomic mass is 10.1. The minimum atomic E-state index is -0.367. The van der Waals surface area contributed by atoms with E-state index in [1.165, 1.54) is 64.2 Å². The van der Waals surface area contributed by atoms with E-state index in [1.807, 2.05) is 0 Å². The first-order valence-corrected chi connectivity index (χ1v) is 8.19. The van der Waals surface area contributed by atoms with Crippen LogP contribution in [0.5, 0.6) is 0 Å². The summed E-state index contributed by atoms with van der Waals surface area (Å²) in [6, 6.07) is 0. The van der Waals surface area contributed by atoms with Crippen molar-refractivity contribution in [3.63, 3.8) is 0 Å². The summed E-state index contributed by atoms with van der Waals surface area (Å²) in [4.78, 5) is 0. The maximum absolute atomic E-state index is 9.42. The third-order valence-corrected chi connectivity index (χ3v) is 3.45. The molecule has 0 spiro atoms. The lowest BCUT2D eigenvalue weighted by Gasteiger charge is -2.10. The number of ether oxygens (including phenoxy) is 1. The molecule has 0 amide bonds. The lowest BCUT2D eigenvalue weighted by molar-refractivity contribution is 0.0646. The Labute approximate surface area is 120 Å². The maximum atomic E-state index is 9.42. The summed E-state index contributed by atoms with van der Waals surface area (Å²) in [6.45, 7) is 4.34. The number of rotatable bonds is 15. The summed E-state index contributed by atoms with van der Waals surface area (Å²) in [5.74, 6) is 0. The molecule has 3 nitrogen and oxygen atoms in total. The van der Waals surface area contributed by atoms with E-state index in [9.17, 15) is 5.11 Å². The van der Waals surface area contributed by atoms with Crippen molar-refractivity contribution in [2.45, 2.75) is 77.2 Å². The Morgan fingerprint density at radius 1 is 0.895 bits per heavy atom. The number of unbranched alkanes of at least 4 members (excludes halogenated alkanes) is 9. The van der Waals surface area contributed by atoms with Gasteiger partial charge < -0.3 is 15.2 Å². The second kappa shape index (κ2) is 15.9. The summed E-state index contributed by atoms with van der Waals surface area (Å²) in [6.07, 6.45) is 13.3. The first-order valence-electron chi connectivity index (χ1n) is 8.19. The molecule has 1 atom stereocenters. The Hall–Kier alpha value is -0.120. The van der Waals surface area contributed by atoms with E-state index in [-0.39, 0.29) is 6.10 Å². The van der Waals surface area contributed by atoms with Gasteiger partial charge in [0.05, 0.1) is 12.7 Å². The van der Waals surface area contributed by atoms with Crippen molar-refractivity contribution in [1.29, 1.82) is 0 Å². The molecular formula is C16H35NO2. The highest BCUT2D eigenvalue weighted by atomic mass is 16.5. The molecule has 0 saturated heterocycles. The highest BCUT2D eigenvalue weighted by Gasteiger charge is 2.01. The number of methoxy groups -OCH3 is 1. The van der Waals surface area contributed by atoms with E-state index in [0.29, 0.717) is 13.2 Å².